The number of rotatable bonds is 6. The smallest absolute Gasteiger partial charge is 0.165 e. The second-order valence-electron chi connectivity index (χ2n) is 4.26. The molecule has 0 aliphatic heterocycles. The van der Waals surface area contributed by atoms with Crippen LogP contribution in [0.4, 0.5) is 0 Å². The lowest BCUT2D eigenvalue weighted by molar-refractivity contribution is 0.0947. The molecule has 0 saturated heterocycles. The Morgan fingerprint density at radius 1 is 1.47 bits per heavy atom. The van der Waals surface area contributed by atoms with Crippen LogP contribution in [0.1, 0.15) is 23.7 Å². The van der Waals surface area contributed by atoms with Gasteiger partial charge in [-0.25, -0.2) is 0 Å². The molecule has 1 atom stereocenters. The zero-order valence-electron chi connectivity index (χ0n) is 10.2. The number of Topliss-reactive ketones (excluding diaryl/α,β-unsaturated/α-hetero) is 1. The van der Waals surface area contributed by atoms with Crippen molar-refractivity contribution in [3.63, 3.8) is 0 Å². The van der Waals surface area contributed by atoms with Crippen LogP contribution in [0.25, 0.3) is 0 Å². The number of carbonyl (C=O) groups excluding carboxylic acids is 1. The Morgan fingerprint density at radius 2 is 2.12 bits per heavy atom. The quantitative estimate of drug-likeness (QED) is 0.820. The molecule has 3 nitrogen and oxygen atoms in total. The number of benzene rings is 1. The molecule has 0 radical (unpaired) electrons. The number of nitrogens with zero attached hydrogens (tertiary/aromatic N) is 1. The maximum Gasteiger partial charge on any atom is 0.165 e. The molecule has 17 heavy (non-hydrogen) atoms. The van der Waals surface area contributed by atoms with Crippen LogP contribution in [0, 0.1) is 0 Å². The summed E-state index contributed by atoms with van der Waals surface area (Å²) in [7, 11) is 1.90. The Morgan fingerprint density at radius 3 is 2.71 bits per heavy atom. The van der Waals surface area contributed by atoms with Crippen molar-refractivity contribution in [3.05, 3.63) is 34.3 Å². The molecule has 1 aromatic rings. The number of aliphatic hydroxyl groups excluding tert-OH is 1. The van der Waals surface area contributed by atoms with E-state index in [0.29, 0.717) is 19.5 Å². The van der Waals surface area contributed by atoms with Gasteiger partial charge in [0, 0.05) is 29.5 Å². The van der Waals surface area contributed by atoms with E-state index in [0.717, 1.165) is 10.0 Å². The van der Waals surface area contributed by atoms with Crippen LogP contribution in [0.2, 0.25) is 0 Å². The second kappa shape index (κ2) is 6.89. The Kier molecular flexibility index (Phi) is 5.82. The van der Waals surface area contributed by atoms with E-state index in [4.69, 9.17) is 0 Å². The van der Waals surface area contributed by atoms with Crippen molar-refractivity contribution in [2.45, 2.75) is 19.4 Å². The van der Waals surface area contributed by atoms with Gasteiger partial charge in [0.2, 0.25) is 0 Å². The number of hydrogen-bond acceptors (Lipinski definition) is 3. The molecule has 0 bridgehead atoms. The number of aliphatic hydroxyl groups is 1. The third-order valence-corrected chi connectivity index (χ3v) is 3.16. The first-order chi connectivity index (χ1) is 8.00. The predicted octanol–water partition coefficient (Wildman–Crippen LogP) is 2.33. The van der Waals surface area contributed by atoms with Crippen molar-refractivity contribution >= 4 is 21.7 Å². The molecule has 0 aliphatic carbocycles. The fourth-order valence-electron chi connectivity index (χ4n) is 1.66. The van der Waals surface area contributed by atoms with Crippen molar-refractivity contribution in [2.24, 2.45) is 0 Å². The molecular formula is C13H18BrNO2. The topological polar surface area (TPSA) is 40.5 Å². The van der Waals surface area contributed by atoms with E-state index in [1.165, 1.54) is 0 Å². The largest absolute Gasteiger partial charge is 0.392 e. The standard InChI is InChI=1S/C13H18BrNO2/c1-10(16)9-15(2)8-7-13(17)11-5-3-4-6-12(11)14/h3-6,10,16H,7-9H2,1-2H3. The molecule has 0 fully saturated rings. The van der Waals surface area contributed by atoms with Gasteiger partial charge in [-0.2, -0.15) is 0 Å². The third-order valence-electron chi connectivity index (χ3n) is 2.47. The van der Waals surface area contributed by atoms with Crippen LogP contribution in [0.15, 0.2) is 28.7 Å². The lowest BCUT2D eigenvalue weighted by Gasteiger charge is -2.17. The molecule has 0 saturated carbocycles. The molecule has 0 heterocycles. The molecule has 1 rings (SSSR count). The highest BCUT2D eigenvalue weighted by molar-refractivity contribution is 9.10. The van der Waals surface area contributed by atoms with Crippen molar-refractivity contribution < 1.29 is 9.90 Å². The van der Waals surface area contributed by atoms with E-state index < -0.39 is 0 Å². The van der Waals surface area contributed by atoms with Gasteiger partial charge in [-0.3, -0.25) is 4.79 Å². The average molecular weight is 300 g/mol. The first-order valence-corrected chi connectivity index (χ1v) is 6.44. The van der Waals surface area contributed by atoms with E-state index in [1.54, 1.807) is 6.92 Å². The Labute approximate surface area is 111 Å². The van der Waals surface area contributed by atoms with Crippen LogP contribution in [0.5, 0.6) is 0 Å². The fraction of sp³-hybridized carbons (Fsp3) is 0.462. The molecule has 94 valence electrons. The monoisotopic (exact) mass is 299 g/mol. The van der Waals surface area contributed by atoms with Crippen LogP contribution >= 0.6 is 15.9 Å². The fourth-order valence-corrected chi connectivity index (χ4v) is 2.16. The van der Waals surface area contributed by atoms with Gasteiger partial charge in [0.1, 0.15) is 0 Å². The van der Waals surface area contributed by atoms with E-state index in [9.17, 15) is 9.90 Å². The van der Waals surface area contributed by atoms with Gasteiger partial charge in [-0.15, -0.1) is 0 Å². The summed E-state index contributed by atoms with van der Waals surface area (Å²) in [6.07, 6.45) is 0.102. The number of likely N-dealkylation sites (N-methyl/N-ethyl adjacent to an activating group) is 1. The Bertz CT molecular complexity index is 379. The van der Waals surface area contributed by atoms with Crippen LogP contribution < -0.4 is 0 Å². The number of carbonyl (C=O) groups is 1. The zero-order chi connectivity index (χ0) is 12.8. The summed E-state index contributed by atoms with van der Waals surface area (Å²) in [6.45, 7) is 2.99. The summed E-state index contributed by atoms with van der Waals surface area (Å²) in [5.74, 6) is 0.120. The SMILES string of the molecule is CC(O)CN(C)CCC(=O)c1ccccc1Br. The van der Waals surface area contributed by atoms with Gasteiger partial charge in [0.05, 0.1) is 6.10 Å². The van der Waals surface area contributed by atoms with E-state index in [1.807, 2.05) is 36.2 Å². The molecule has 1 unspecified atom stereocenters. The minimum atomic E-state index is -0.362. The van der Waals surface area contributed by atoms with Crippen molar-refractivity contribution in [1.29, 1.82) is 0 Å². The van der Waals surface area contributed by atoms with Crippen LogP contribution in [0.3, 0.4) is 0 Å². The van der Waals surface area contributed by atoms with Gasteiger partial charge < -0.3 is 10.0 Å². The van der Waals surface area contributed by atoms with Crippen molar-refractivity contribution in [2.75, 3.05) is 20.1 Å². The molecule has 1 aromatic carbocycles. The normalized spacial score (nSPS) is 12.8. The molecule has 4 heteroatoms. The van der Waals surface area contributed by atoms with Gasteiger partial charge in [0.25, 0.3) is 0 Å². The summed E-state index contributed by atoms with van der Waals surface area (Å²) in [4.78, 5) is 13.9. The molecule has 0 amide bonds. The predicted molar refractivity (Wildman–Crippen MR) is 72.3 cm³/mol. The molecule has 0 spiro atoms. The summed E-state index contributed by atoms with van der Waals surface area (Å²) in [6, 6.07) is 7.44. The molecule has 1 N–H and O–H groups in total. The van der Waals surface area contributed by atoms with E-state index in [2.05, 4.69) is 15.9 Å². The second-order valence-corrected chi connectivity index (χ2v) is 5.12. The van der Waals surface area contributed by atoms with E-state index >= 15 is 0 Å². The Hall–Kier alpha value is -0.710. The highest BCUT2D eigenvalue weighted by Crippen LogP contribution is 2.17. The lowest BCUT2D eigenvalue weighted by atomic mass is 10.1. The van der Waals surface area contributed by atoms with Gasteiger partial charge in [-0.1, -0.05) is 34.1 Å². The van der Waals surface area contributed by atoms with Gasteiger partial charge >= 0.3 is 0 Å². The first-order valence-electron chi connectivity index (χ1n) is 5.65. The zero-order valence-corrected chi connectivity index (χ0v) is 11.8. The van der Waals surface area contributed by atoms with Crippen LogP contribution in [-0.4, -0.2) is 42.0 Å². The Balaban J connectivity index is 2.48. The number of ketones is 1. The van der Waals surface area contributed by atoms with Crippen molar-refractivity contribution in [1.82, 2.24) is 4.90 Å². The number of halogens is 1. The average Bonchev–Trinajstić information content (AvgIpc) is 2.25. The van der Waals surface area contributed by atoms with E-state index in [-0.39, 0.29) is 11.9 Å². The minimum absolute atomic E-state index is 0.120. The van der Waals surface area contributed by atoms with Gasteiger partial charge in [0.15, 0.2) is 5.78 Å². The number of hydrogen-bond donors (Lipinski definition) is 1. The maximum atomic E-state index is 11.9. The maximum absolute atomic E-state index is 11.9. The highest BCUT2D eigenvalue weighted by Gasteiger charge is 2.11. The summed E-state index contributed by atoms with van der Waals surface area (Å²) >= 11 is 3.37. The summed E-state index contributed by atoms with van der Waals surface area (Å²) < 4.78 is 0.836. The molecular weight excluding hydrogens is 282 g/mol. The molecule has 0 aliphatic rings. The third kappa shape index (κ3) is 4.98. The van der Waals surface area contributed by atoms with Crippen LogP contribution in [-0.2, 0) is 0 Å². The highest BCUT2D eigenvalue weighted by atomic mass is 79.9. The first kappa shape index (κ1) is 14.4. The van der Waals surface area contributed by atoms with Gasteiger partial charge in [-0.05, 0) is 20.0 Å². The summed E-state index contributed by atoms with van der Waals surface area (Å²) in [5.41, 5.74) is 0.720. The lowest BCUT2D eigenvalue weighted by Crippen LogP contribution is -2.29. The summed E-state index contributed by atoms with van der Waals surface area (Å²) in [5, 5.41) is 9.22. The minimum Gasteiger partial charge on any atom is -0.392 e. The molecule has 0 aromatic heterocycles. The van der Waals surface area contributed by atoms with Crippen molar-refractivity contribution in [3.8, 4) is 0 Å².